The largest absolute Gasteiger partial charge is 0.330 e. The van der Waals surface area contributed by atoms with Crippen molar-refractivity contribution in [2.24, 2.45) is 5.73 Å². The van der Waals surface area contributed by atoms with Crippen LogP contribution in [0.3, 0.4) is 0 Å². The summed E-state index contributed by atoms with van der Waals surface area (Å²) < 4.78 is 15.1. The summed E-state index contributed by atoms with van der Waals surface area (Å²) in [6.07, 6.45) is 3.60. The SMILES string of the molecule is Cc1cn(-c2ncccc2F)nc1NC(=O)C(=O)Nc1cccc(CCN)c1. The van der Waals surface area contributed by atoms with E-state index < -0.39 is 17.6 Å². The molecule has 0 saturated heterocycles. The van der Waals surface area contributed by atoms with Gasteiger partial charge in [-0.3, -0.25) is 9.59 Å². The van der Waals surface area contributed by atoms with E-state index in [0.717, 1.165) is 5.56 Å². The average molecular weight is 382 g/mol. The van der Waals surface area contributed by atoms with Gasteiger partial charge in [0.05, 0.1) is 0 Å². The molecule has 0 saturated carbocycles. The number of benzene rings is 1. The summed E-state index contributed by atoms with van der Waals surface area (Å²) in [6.45, 7) is 2.16. The lowest BCUT2D eigenvalue weighted by Gasteiger charge is -2.07. The van der Waals surface area contributed by atoms with Gasteiger partial charge >= 0.3 is 11.8 Å². The summed E-state index contributed by atoms with van der Waals surface area (Å²) in [6, 6.07) is 9.80. The normalized spacial score (nSPS) is 10.5. The molecule has 2 aromatic heterocycles. The number of nitrogens with two attached hydrogens (primary N) is 1. The lowest BCUT2D eigenvalue weighted by molar-refractivity contribution is -0.133. The molecule has 0 spiro atoms. The maximum atomic E-state index is 13.9. The van der Waals surface area contributed by atoms with Gasteiger partial charge in [-0.15, -0.1) is 5.10 Å². The van der Waals surface area contributed by atoms with Gasteiger partial charge in [0.15, 0.2) is 17.5 Å². The van der Waals surface area contributed by atoms with Crippen LogP contribution in [0.2, 0.25) is 0 Å². The number of rotatable bonds is 5. The summed E-state index contributed by atoms with van der Waals surface area (Å²) in [7, 11) is 0. The van der Waals surface area contributed by atoms with Crippen molar-refractivity contribution in [3.63, 3.8) is 0 Å². The monoisotopic (exact) mass is 382 g/mol. The summed E-state index contributed by atoms with van der Waals surface area (Å²) in [5.74, 6) is -2.16. The Morgan fingerprint density at radius 3 is 2.71 bits per heavy atom. The van der Waals surface area contributed by atoms with E-state index in [1.54, 1.807) is 25.1 Å². The minimum atomic E-state index is -0.890. The Labute approximate surface area is 160 Å². The first kappa shape index (κ1) is 19.2. The number of nitrogens with one attached hydrogen (secondary N) is 2. The molecule has 2 amide bonds. The number of pyridine rings is 1. The summed E-state index contributed by atoms with van der Waals surface area (Å²) in [5.41, 5.74) is 7.52. The van der Waals surface area contributed by atoms with E-state index in [1.165, 1.54) is 29.2 Å². The van der Waals surface area contributed by atoms with Crippen LogP contribution in [0.15, 0.2) is 48.8 Å². The zero-order valence-electron chi connectivity index (χ0n) is 15.1. The van der Waals surface area contributed by atoms with Crippen LogP contribution >= 0.6 is 0 Å². The van der Waals surface area contributed by atoms with Crippen molar-refractivity contribution >= 4 is 23.3 Å². The molecule has 0 radical (unpaired) electrons. The molecule has 3 aromatic rings. The minimum Gasteiger partial charge on any atom is -0.330 e. The Balaban J connectivity index is 1.70. The van der Waals surface area contributed by atoms with E-state index in [9.17, 15) is 14.0 Å². The van der Waals surface area contributed by atoms with Gasteiger partial charge in [0.25, 0.3) is 0 Å². The predicted molar refractivity (Wildman–Crippen MR) is 103 cm³/mol. The Bertz CT molecular complexity index is 1020. The van der Waals surface area contributed by atoms with Gasteiger partial charge in [0, 0.05) is 23.6 Å². The van der Waals surface area contributed by atoms with Crippen LogP contribution in [0, 0.1) is 12.7 Å². The van der Waals surface area contributed by atoms with Gasteiger partial charge in [-0.1, -0.05) is 12.1 Å². The number of nitrogens with zero attached hydrogens (tertiary/aromatic N) is 3. The Morgan fingerprint density at radius 1 is 1.18 bits per heavy atom. The Hall–Kier alpha value is -3.59. The van der Waals surface area contributed by atoms with Crippen molar-refractivity contribution < 1.29 is 14.0 Å². The first-order chi connectivity index (χ1) is 13.5. The molecule has 0 bridgehead atoms. The third-order valence-corrected chi connectivity index (χ3v) is 3.91. The molecule has 0 aliphatic carbocycles. The fraction of sp³-hybridized carbons (Fsp3) is 0.158. The van der Waals surface area contributed by atoms with Crippen molar-refractivity contribution in [2.75, 3.05) is 17.2 Å². The molecule has 144 valence electrons. The van der Waals surface area contributed by atoms with Crippen LogP contribution in [0.4, 0.5) is 15.9 Å². The zero-order valence-corrected chi connectivity index (χ0v) is 15.1. The summed E-state index contributed by atoms with van der Waals surface area (Å²) >= 11 is 0. The van der Waals surface area contributed by atoms with E-state index in [2.05, 4.69) is 20.7 Å². The molecular weight excluding hydrogens is 363 g/mol. The first-order valence-corrected chi connectivity index (χ1v) is 8.56. The van der Waals surface area contributed by atoms with Crippen molar-refractivity contribution in [1.82, 2.24) is 14.8 Å². The van der Waals surface area contributed by atoms with Crippen LogP contribution in [0.5, 0.6) is 0 Å². The number of carbonyl (C=O) groups is 2. The highest BCUT2D eigenvalue weighted by molar-refractivity contribution is 6.43. The van der Waals surface area contributed by atoms with E-state index in [0.29, 0.717) is 24.2 Å². The molecule has 3 rings (SSSR count). The first-order valence-electron chi connectivity index (χ1n) is 8.56. The van der Waals surface area contributed by atoms with E-state index >= 15 is 0 Å². The van der Waals surface area contributed by atoms with Gasteiger partial charge in [-0.2, -0.15) is 0 Å². The third-order valence-electron chi connectivity index (χ3n) is 3.91. The smallest absolute Gasteiger partial charge is 0.315 e. The lowest BCUT2D eigenvalue weighted by atomic mass is 10.1. The number of amides is 2. The summed E-state index contributed by atoms with van der Waals surface area (Å²) in [5, 5.41) is 9.05. The number of aryl methyl sites for hydroxylation is 1. The number of halogens is 1. The van der Waals surface area contributed by atoms with E-state index in [4.69, 9.17) is 5.73 Å². The summed E-state index contributed by atoms with van der Waals surface area (Å²) in [4.78, 5) is 28.3. The number of carbonyl (C=O) groups excluding carboxylic acids is 2. The molecule has 28 heavy (non-hydrogen) atoms. The topological polar surface area (TPSA) is 115 Å². The highest BCUT2D eigenvalue weighted by Crippen LogP contribution is 2.17. The molecule has 2 heterocycles. The predicted octanol–water partition coefficient (Wildman–Crippen LogP) is 1.79. The van der Waals surface area contributed by atoms with E-state index in [-0.39, 0.29) is 11.6 Å². The highest BCUT2D eigenvalue weighted by Gasteiger charge is 2.18. The molecule has 8 nitrogen and oxygen atoms in total. The standard InChI is InChI=1S/C19H19FN6O2/c1-12-11-26(17-15(20)6-3-9-22-17)25-16(12)24-19(28)18(27)23-14-5-2-4-13(10-14)7-8-21/h2-6,9-11H,7-8,21H2,1H3,(H,23,27)(H,24,25,28). The second-order valence-electron chi connectivity index (χ2n) is 6.06. The molecule has 0 unspecified atom stereocenters. The van der Waals surface area contributed by atoms with Gasteiger partial charge in [-0.25, -0.2) is 14.1 Å². The number of aromatic nitrogens is 3. The molecule has 0 aliphatic heterocycles. The van der Waals surface area contributed by atoms with Gasteiger partial charge in [0.2, 0.25) is 0 Å². The zero-order chi connectivity index (χ0) is 20.1. The fourth-order valence-corrected chi connectivity index (χ4v) is 2.56. The second-order valence-corrected chi connectivity index (χ2v) is 6.06. The molecule has 4 N–H and O–H groups in total. The van der Waals surface area contributed by atoms with Crippen LogP contribution in [-0.2, 0) is 16.0 Å². The Kier molecular flexibility index (Phi) is 5.75. The lowest BCUT2D eigenvalue weighted by Crippen LogP contribution is -2.29. The van der Waals surface area contributed by atoms with Crippen LogP contribution < -0.4 is 16.4 Å². The van der Waals surface area contributed by atoms with Crippen LogP contribution in [0.25, 0.3) is 5.82 Å². The van der Waals surface area contributed by atoms with Crippen LogP contribution in [-0.4, -0.2) is 33.1 Å². The molecular formula is C19H19FN6O2. The number of anilines is 2. The Morgan fingerprint density at radius 2 is 1.96 bits per heavy atom. The van der Waals surface area contributed by atoms with Crippen molar-refractivity contribution in [3.05, 3.63) is 65.7 Å². The van der Waals surface area contributed by atoms with Crippen molar-refractivity contribution in [2.45, 2.75) is 13.3 Å². The quantitative estimate of drug-likeness (QED) is 0.582. The van der Waals surface area contributed by atoms with E-state index in [1.807, 2.05) is 6.07 Å². The maximum absolute atomic E-state index is 13.9. The average Bonchev–Trinajstić information content (AvgIpc) is 3.03. The van der Waals surface area contributed by atoms with Gasteiger partial charge in [-0.05, 0) is 49.7 Å². The number of hydrogen-bond donors (Lipinski definition) is 3. The maximum Gasteiger partial charge on any atom is 0.315 e. The molecule has 0 atom stereocenters. The van der Waals surface area contributed by atoms with Crippen LogP contribution in [0.1, 0.15) is 11.1 Å². The third kappa shape index (κ3) is 4.38. The van der Waals surface area contributed by atoms with Gasteiger partial charge in [0.1, 0.15) is 0 Å². The highest BCUT2D eigenvalue weighted by atomic mass is 19.1. The second kappa shape index (κ2) is 8.40. The molecule has 0 aliphatic rings. The minimum absolute atomic E-state index is 0.00716. The van der Waals surface area contributed by atoms with Gasteiger partial charge < -0.3 is 16.4 Å². The molecule has 9 heteroatoms. The van der Waals surface area contributed by atoms with Crippen molar-refractivity contribution in [1.29, 1.82) is 0 Å². The fourth-order valence-electron chi connectivity index (χ4n) is 2.56. The molecule has 1 aromatic carbocycles. The number of hydrogen-bond acceptors (Lipinski definition) is 5. The van der Waals surface area contributed by atoms with Crippen molar-refractivity contribution in [3.8, 4) is 5.82 Å². The molecule has 0 fully saturated rings.